The molecule has 1 aromatic carbocycles. The first-order valence-corrected chi connectivity index (χ1v) is 10.9. The molecule has 1 atom stereocenters. The number of thiophene rings is 1. The van der Waals surface area contributed by atoms with E-state index in [1.54, 1.807) is 27.8 Å². The average Bonchev–Trinajstić information content (AvgIpc) is 3.36. The number of carbonyl (C=O) groups is 1. The van der Waals surface area contributed by atoms with E-state index in [0.29, 0.717) is 23.3 Å². The highest BCUT2D eigenvalue weighted by molar-refractivity contribution is 7.98. The summed E-state index contributed by atoms with van der Waals surface area (Å²) < 4.78 is 7.10. The molecular weight excluding hydrogens is 392 g/mol. The lowest BCUT2D eigenvalue weighted by Gasteiger charge is -2.26. The van der Waals surface area contributed by atoms with Crippen LogP contribution in [0.2, 0.25) is 0 Å². The van der Waals surface area contributed by atoms with Crippen LogP contribution in [0.5, 0.6) is 0 Å². The molecule has 0 saturated heterocycles. The van der Waals surface area contributed by atoms with E-state index in [4.69, 9.17) is 9.84 Å². The fraction of sp³-hybridized carbons (Fsp3) is 0.250. The fourth-order valence-electron chi connectivity index (χ4n) is 3.10. The fourth-order valence-corrected chi connectivity index (χ4v) is 4.70. The molecule has 6 nitrogen and oxygen atoms in total. The van der Waals surface area contributed by atoms with Crippen LogP contribution in [0.25, 0.3) is 0 Å². The van der Waals surface area contributed by atoms with Crippen LogP contribution in [-0.4, -0.2) is 27.3 Å². The molecule has 0 amide bonds. The molecule has 0 saturated carbocycles. The van der Waals surface area contributed by atoms with Crippen LogP contribution in [0.4, 0.5) is 5.95 Å². The number of hydrogen-bond acceptors (Lipinski definition) is 7. The van der Waals surface area contributed by atoms with E-state index in [1.165, 1.54) is 5.56 Å². The summed E-state index contributed by atoms with van der Waals surface area (Å²) in [6, 6.07) is 13.9. The molecule has 3 aromatic rings. The third-order valence-corrected chi connectivity index (χ3v) is 6.19. The van der Waals surface area contributed by atoms with Crippen molar-refractivity contribution in [2.24, 2.45) is 0 Å². The predicted molar refractivity (Wildman–Crippen MR) is 111 cm³/mol. The number of thioether (sulfide) groups is 1. The maximum Gasteiger partial charge on any atom is 0.338 e. The second-order valence-corrected chi connectivity index (χ2v) is 8.16. The standard InChI is InChI=1S/C20H20N4O2S2/c1-3-26-18(25)16-13(2)21-19-22-20(28-12-14-8-5-4-6-9-14)23-24(19)17(16)15-10-7-11-27-15/h4-11,17H,3,12H2,1-2H3,(H,21,22,23)/t17-/m1/s1. The van der Waals surface area contributed by atoms with Gasteiger partial charge in [0.25, 0.3) is 0 Å². The van der Waals surface area contributed by atoms with Gasteiger partial charge in [0.2, 0.25) is 11.1 Å². The second kappa shape index (κ2) is 8.20. The van der Waals surface area contributed by atoms with Gasteiger partial charge < -0.3 is 10.1 Å². The number of rotatable bonds is 6. The van der Waals surface area contributed by atoms with Gasteiger partial charge in [-0.15, -0.1) is 16.4 Å². The number of esters is 1. The van der Waals surface area contributed by atoms with Crippen molar-refractivity contribution in [3.05, 3.63) is 69.6 Å². The molecule has 1 aliphatic rings. The molecule has 1 aliphatic heterocycles. The largest absolute Gasteiger partial charge is 0.463 e. The molecule has 0 aliphatic carbocycles. The average molecular weight is 413 g/mol. The lowest BCUT2D eigenvalue weighted by molar-refractivity contribution is -0.139. The van der Waals surface area contributed by atoms with Gasteiger partial charge in [-0.05, 0) is 30.9 Å². The smallest absolute Gasteiger partial charge is 0.338 e. The van der Waals surface area contributed by atoms with Crippen LogP contribution in [0.15, 0.2) is 64.3 Å². The zero-order valence-electron chi connectivity index (χ0n) is 15.6. The quantitative estimate of drug-likeness (QED) is 0.475. The summed E-state index contributed by atoms with van der Waals surface area (Å²) in [7, 11) is 0. The first-order valence-electron chi connectivity index (χ1n) is 8.99. The summed E-state index contributed by atoms with van der Waals surface area (Å²) in [5.41, 5.74) is 2.53. The minimum Gasteiger partial charge on any atom is -0.463 e. The van der Waals surface area contributed by atoms with Gasteiger partial charge in [0, 0.05) is 16.3 Å². The van der Waals surface area contributed by atoms with Crippen molar-refractivity contribution < 1.29 is 9.53 Å². The van der Waals surface area contributed by atoms with E-state index in [0.717, 1.165) is 16.3 Å². The number of allylic oxidation sites excluding steroid dienone is 1. The third kappa shape index (κ3) is 3.70. The van der Waals surface area contributed by atoms with Crippen LogP contribution >= 0.6 is 23.1 Å². The number of nitrogens with zero attached hydrogens (tertiary/aromatic N) is 3. The highest BCUT2D eigenvalue weighted by Gasteiger charge is 2.35. The van der Waals surface area contributed by atoms with E-state index in [2.05, 4.69) is 22.4 Å². The number of ether oxygens (including phenoxy) is 1. The van der Waals surface area contributed by atoms with E-state index in [9.17, 15) is 4.79 Å². The van der Waals surface area contributed by atoms with E-state index < -0.39 is 0 Å². The maximum absolute atomic E-state index is 12.7. The topological polar surface area (TPSA) is 69.0 Å². The minimum absolute atomic E-state index is 0.328. The molecule has 2 aromatic heterocycles. The lowest BCUT2D eigenvalue weighted by Crippen LogP contribution is -2.29. The highest BCUT2D eigenvalue weighted by Crippen LogP contribution is 2.38. The van der Waals surface area contributed by atoms with Crippen LogP contribution in [0.1, 0.15) is 30.3 Å². The number of carbonyl (C=O) groups excluding carboxylic acids is 1. The molecule has 1 N–H and O–H groups in total. The number of benzene rings is 1. The molecule has 8 heteroatoms. The van der Waals surface area contributed by atoms with Gasteiger partial charge >= 0.3 is 5.97 Å². The SMILES string of the molecule is CCOC(=O)C1=C(C)Nc2nc(SCc3ccccc3)nn2[C@@H]1c1cccs1. The van der Waals surface area contributed by atoms with E-state index >= 15 is 0 Å². The van der Waals surface area contributed by atoms with Crippen LogP contribution in [-0.2, 0) is 15.3 Å². The summed E-state index contributed by atoms with van der Waals surface area (Å²) >= 11 is 3.16. The first-order chi connectivity index (χ1) is 13.7. The molecule has 0 unspecified atom stereocenters. The Balaban J connectivity index is 1.66. The van der Waals surface area contributed by atoms with Gasteiger partial charge in [0.15, 0.2) is 0 Å². The third-order valence-electron chi connectivity index (χ3n) is 4.35. The van der Waals surface area contributed by atoms with Crippen LogP contribution in [0.3, 0.4) is 0 Å². The Morgan fingerprint density at radius 2 is 2.11 bits per heavy atom. The molecule has 0 fully saturated rings. The van der Waals surface area contributed by atoms with Crippen molar-refractivity contribution in [3.8, 4) is 0 Å². The zero-order chi connectivity index (χ0) is 19.5. The van der Waals surface area contributed by atoms with E-state index in [1.807, 2.05) is 49.6 Å². The molecular formula is C20H20N4O2S2. The Bertz CT molecular complexity index is 997. The van der Waals surface area contributed by atoms with Gasteiger partial charge in [-0.2, -0.15) is 4.98 Å². The highest BCUT2D eigenvalue weighted by atomic mass is 32.2. The first kappa shape index (κ1) is 18.8. The summed E-state index contributed by atoms with van der Waals surface area (Å²) in [6.45, 7) is 4.01. The number of aromatic nitrogens is 3. The Morgan fingerprint density at radius 3 is 2.82 bits per heavy atom. The molecule has 0 bridgehead atoms. The lowest BCUT2D eigenvalue weighted by atomic mass is 10.0. The van der Waals surface area contributed by atoms with Crippen LogP contribution < -0.4 is 5.32 Å². The molecule has 0 radical (unpaired) electrons. The van der Waals surface area contributed by atoms with Crippen LogP contribution in [0, 0.1) is 0 Å². The zero-order valence-corrected chi connectivity index (χ0v) is 17.2. The van der Waals surface area contributed by atoms with Gasteiger partial charge in [-0.1, -0.05) is 48.2 Å². The van der Waals surface area contributed by atoms with Gasteiger partial charge in [-0.3, -0.25) is 0 Å². The molecule has 0 spiro atoms. The van der Waals surface area contributed by atoms with E-state index in [-0.39, 0.29) is 12.0 Å². The summed E-state index contributed by atoms with van der Waals surface area (Å²) in [6.07, 6.45) is 0. The van der Waals surface area contributed by atoms with Crippen molar-refractivity contribution >= 4 is 35.0 Å². The van der Waals surface area contributed by atoms with Gasteiger partial charge in [0.1, 0.15) is 6.04 Å². The summed E-state index contributed by atoms with van der Waals surface area (Å²) in [5, 5.41) is 10.6. The van der Waals surface area contributed by atoms with Crippen molar-refractivity contribution in [1.82, 2.24) is 14.8 Å². The number of fused-ring (bicyclic) bond motifs is 1. The Labute approximate surface area is 171 Å². The Morgan fingerprint density at radius 1 is 1.29 bits per heavy atom. The minimum atomic E-state index is -0.339. The van der Waals surface area contributed by atoms with Crippen molar-refractivity contribution in [3.63, 3.8) is 0 Å². The number of anilines is 1. The molecule has 3 heterocycles. The monoisotopic (exact) mass is 412 g/mol. The maximum atomic E-state index is 12.7. The normalized spacial score (nSPS) is 15.9. The predicted octanol–water partition coefficient (Wildman–Crippen LogP) is 4.48. The molecule has 28 heavy (non-hydrogen) atoms. The Kier molecular flexibility index (Phi) is 5.50. The Hall–Kier alpha value is -2.58. The summed E-state index contributed by atoms with van der Waals surface area (Å²) in [5.74, 6) is 1.09. The number of hydrogen-bond donors (Lipinski definition) is 1. The van der Waals surface area contributed by atoms with Crippen molar-refractivity contribution in [1.29, 1.82) is 0 Å². The molecule has 4 rings (SSSR count). The van der Waals surface area contributed by atoms with Crippen molar-refractivity contribution in [2.75, 3.05) is 11.9 Å². The van der Waals surface area contributed by atoms with Gasteiger partial charge in [-0.25, -0.2) is 9.48 Å². The van der Waals surface area contributed by atoms with Crippen molar-refractivity contribution in [2.45, 2.75) is 30.8 Å². The molecule has 144 valence electrons. The van der Waals surface area contributed by atoms with Gasteiger partial charge in [0.05, 0.1) is 12.2 Å². The second-order valence-electron chi connectivity index (χ2n) is 6.24. The summed E-state index contributed by atoms with van der Waals surface area (Å²) in [4.78, 5) is 18.3. The number of nitrogens with one attached hydrogen (secondary N) is 1.